The van der Waals surface area contributed by atoms with E-state index in [9.17, 15) is 35.5 Å². The smallest absolute Gasteiger partial charge is 0.354 e. The third-order valence-corrected chi connectivity index (χ3v) is 10.3. The first-order valence-electron chi connectivity index (χ1n) is 11.8. The summed E-state index contributed by atoms with van der Waals surface area (Å²) in [6, 6.07) is 10.9. The molecule has 2 aromatic carbocycles. The molecule has 8 nitrogen and oxygen atoms in total. The Bertz CT molecular complexity index is 1500. The zero-order chi connectivity index (χ0) is 28.0. The number of aromatic nitrogens is 1. The Morgan fingerprint density at radius 2 is 1.84 bits per heavy atom. The van der Waals surface area contributed by atoms with Gasteiger partial charge in [-0.1, -0.05) is 55.1 Å². The van der Waals surface area contributed by atoms with Gasteiger partial charge in [0.1, 0.15) is 0 Å². The minimum Gasteiger partial charge on any atom is -0.354 e. The van der Waals surface area contributed by atoms with Gasteiger partial charge in [-0.05, 0) is 40.8 Å². The molecule has 1 saturated carbocycles. The molecule has 1 unspecified atom stereocenters. The summed E-state index contributed by atoms with van der Waals surface area (Å²) in [5.41, 5.74) is -4.12. The van der Waals surface area contributed by atoms with Crippen molar-refractivity contribution in [1.82, 2.24) is 14.4 Å². The first kappa shape index (κ1) is 28.7. The van der Waals surface area contributed by atoms with E-state index >= 15 is 0 Å². The SMILES string of the molecule is CS(=O)(O)(NC1CCCCC1)c1cc(-c2[nH]c3ccccc3c2CC(=O)N[S+](=O)(O)C(F)(F)F)ccc1Cl. The average Bonchev–Trinajstić information content (AvgIpc) is 3.16. The van der Waals surface area contributed by atoms with Gasteiger partial charge in [-0.2, -0.15) is 8.76 Å². The minimum absolute atomic E-state index is 0.0414. The number of aromatic amines is 1. The predicted molar refractivity (Wildman–Crippen MR) is 142 cm³/mol. The van der Waals surface area contributed by atoms with E-state index in [-0.39, 0.29) is 27.2 Å². The Morgan fingerprint density at radius 1 is 1.18 bits per heavy atom. The van der Waals surface area contributed by atoms with Gasteiger partial charge in [-0.25, -0.2) is 4.72 Å². The van der Waals surface area contributed by atoms with Gasteiger partial charge in [-0.3, -0.25) is 9.35 Å². The number of amides is 1. The molecule has 1 fully saturated rings. The number of para-hydroxylation sites is 1. The summed E-state index contributed by atoms with van der Waals surface area (Å²) in [6.45, 7) is 0. The van der Waals surface area contributed by atoms with Crippen molar-refractivity contribution in [3.05, 3.63) is 53.1 Å². The minimum atomic E-state index is -5.64. The van der Waals surface area contributed by atoms with Gasteiger partial charge >= 0.3 is 15.9 Å². The fourth-order valence-corrected chi connectivity index (χ4v) is 7.98. The molecule has 4 rings (SSSR count). The van der Waals surface area contributed by atoms with E-state index in [1.807, 2.05) is 0 Å². The molecule has 0 saturated heterocycles. The van der Waals surface area contributed by atoms with E-state index in [1.165, 1.54) is 18.4 Å². The molecule has 0 radical (unpaired) electrons. The molecular formula is C24H28ClF3N3O5S2+. The average molecular weight is 595 g/mol. The van der Waals surface area contributed by atoms with Gasteiger partial charge in [0.15, 0.2) is 0 Å². The maximum atomic E-state index is 13.9. The molecule has 14 heteroatoms. The maximum absolute atomic E-state index is 13.9. The van der Waals surface area contributed by atoms with Gasteiger partial charge in [0, 0.05) is 28.8 Å². The van der Waals surface area contributed by atoms with Crippen LogP contribution in [0.2, 0.25) is 5.02 Å². The largest absolute Gasteiger partial charge is 0.633 e. The van der Waals surface area contributed by atoms with Crippen molar-refractivity contribution >= 4 is 48.3 Å². The third-order valence-electron chi connectivity index (χ3n) is 6.50. The highest BCUT2D eigenvalue weighted by Gasteiger charge is 2.61. The highest BCUT2D eigenvalue weighted by molar-refractivity contribution is 8.13. The van der Waals surface area contributed by atoms with Crippen LogP contribution in [0.3, 0.4) is 0 Å². The highest BCUT2D eigenvalue weighted by Crippen LogP contribution is 2.39. The maximum Gasteiger partial charge on any atom is 0.633 e. The Balaban J connectivity index is 1.76. The first-order chi connectivity index (χ1) is 17.6. The van der Waals surface area contributed by atoms with Crippen LogP contribution in [-0.2, 0) is 35.4 Å². The summed E-state index contributed by atoms with van der Waals surface area (Å²) in [5.74, 6) is -1.33. The van der Waals surface area contributed by atoms with Crippen LogP contribution in [0.15, 0.2) is 47.4 Å². The number of hydrogen-bond acceptors (Lipinski definition) is 3. The summed E-state index contributed by atoms with van der Waals surface area (Å²) in [4.78, 5) is 15.5. The van der Waals surface area contributed by atoms with Crippen molar-refractivity contribution in [2.24, 2.45) is 0 Å². The van der Waals surface area contributed by atoms with Crippen molar-refractivity contribution in [2.45, 2.75) is 55.0 Å². The molecule has 0 bridgehead atoms. The summed E-state index contributed by atoms with van der Waals surface area (Å²) in [5, 5.41) is 0.531. The third kappa shape index (κ3) is 5.97. The van der Waals surface area contributed by atoms with E-state index in [0.717, 1.165) is 36.8 Å². The number of fused-ring (bicyclic) bond motifs is 1. The molecule has 1 amide bonds. The number of hydrogen-bond donors (Lipinski definition) is 5. The predicted octanol–water partition coefficient (Wildman–Crippen LogP) is 5.67. The molecule has 1 aliphatic rings. The van der Waals surface area contributed by atoms with Crippen LogP contribution in [-0.4, -0.2) is 42.0 Å². The van der Waals surface area contributed by atoms with Crippen LogP contribution < -0.4 is 9.44 Å². The lowest BCUT2D eigenvalue weighted by atomic mass is 9.96. The normalized spacial score (nSPS) is 18.0. The van der Waals surface area contributed by atoms with Crippen molar-refractivity contribution in [3.8, 4) is 11.3 Å². The first-order valence-corrected chi connectivity index (χ1v) is 16.0. The second kappa shape index (κ2) is 10.0. The van der Waals surface area contributed by atoms with Crippen LogP contribution in [0, 0.1) is 0 Å². The fourth-order valence-electron chi connectivity index (χ4n) is 4.74. The van der Waals surface area contributed by atoms with Crippen LogP contribution in [0.25, 0.3) is 22.2 Å². The topological polar surface area (TPSA) is 132 Å². The Hall–Kier alpha value is -2.29. The number of halogens is 4. The van der Waals surface area contributed by atoms with Gasteiger partial charge in [0.05, 0.1) is 22.0 Å². The summed E-state index contributed by atoms with van der Waals surface area (Å²) < 4.78 is 88.6. The highest BCUT2D eigenvalue weighted by atomic mass is 35.5. The molecule has 1 heterocycles. The molecule has 1 atom stereocenters. The molecule has 38 heavy (non-hydrogen) atoms. The van der Waals surface area contributed by atoms with E-state index in [4.69, 9.17) is 11.6 Å². The monoisotopic (exact) mass is 594 g/mol. The van der Waals surface area contributed by atoms with E-state index in [0.29, 0.717) is 16.5 Å². The molecule has 3 aromatic rings. The van der Waals surface area contributed by atoms with Crippen molar-refractivity contribution in [1.29, 1.82) is 0 Å². The summed E-state index contributed by atoms with van der Waals surface area (Å²) in [6.07, 6.45) is 4.93. The van der Waals surface area contributed by atoms with E-state index in [1.54, 1.807) is 30.3 Å². The van der Waals surface area contributed by atoms with Crippen LogP contribution >= 0.6 is 11.6 Å². The van der Waals surface area contributed by atoms with Gasteiger partial charge in [0.2, 0.25) is 0 Å². The van der Waals surface area contributed by atoms with Gasteiger partial charge < -0.3 is 4.98 Å². The number of carbonyl (C=O) groups is 1. The zero-order valence-electron chi connectivity index (χ0n) is 20.3. The zero-order valence-corrected chi connectivity index (χ0v) is 22.7. The fraction of sp³-hybridized carbons (Fsp3) is 0.375. The lowest BCUT2D eigenvalue weighted by molar-refractivity contribution is -0.119. The van der Waals surface area contributed by atoms with Gasteiger partial charge in [-0.15, -0.1) is 27.4 Å². The second-order valence-corrected chi connectivity index (χ2v) is 14.9. The summed E-state index contributed by atoms with van der Waals surface area (Å²) >= 11 is 6.38. The second-order valence-electron chi connectivity index (χ2n) is 9.58. The lowest BCUT2D eigenvalue weighted by Gasteiger charge is -2.44. The van der Waals surface area contributed by atoms with Crippen molar-refractivity contribution < 1.29 is 35.5 Å². The molecule has 208 valence electrons. The van der Waals surface area contributed by atoms with E-state index < -0.39 is 37.8 Å². The van der Waals surface area contributed by atoms with Crippen molar-refractivity contribution in [3.63, 3.8) is 0 Å². The van der Waals surface area contributed by atoms with Crippen LogP contribution in [0.4, 0.5) is 13.2 Å². The standard InChI is InChI=1S/C24H27ClF3N3O5S2/c1-38(35,36,31-16-7-3-2-4-8-16)21-13-15(11-12-19(21)25)23-18(17-9-5-6-10-20(17)29-23)14-22(32)30-37(33,34)24(26,27)28/h5-6,9-13,16,29H,2-4,7-8,14H2,1H3,(H3-,30,31,32,33,34,35,36)/p+1. The Morgan fingerprint density at radius 3 is 2.50 bits per heavy atom. The number of benzene rings is 2. The quantitative estimate of drug-likeness (QED) is 0.225. The van der Waals surface area contributed by atoms with Crippen molar-refractivity contribution in [2.75, 3.05) is 6.26 Å². The number of rotatable bonds is 7. The number of H-pyrrole nitrogens is 1. The van der Waals surface area contributed by atoms with Gasteiger partial charge in [0.25, 0.3) is 5.91 Å². The number of alkyl halides is 3. The number of nitrogens with one attached hydrogen (secondary N) is 3. The Kier molecular flexibility index (Phi) is 7.58. The van der Waals surface area contributed by atoms with Crippen LogP contribution in [0.1, 0.15) is 37.7 Å². The van der Waals surface area contributed by atoms with E-state index in [2.05, 4.69) is 9.71 Å². The molecule has 1 aliphatic carbocycles. The lowest BCUT2D eigenvalue weighted by Crippen LogP contribution is -2.51. The number of carbonyl (C=O) groups excluding carboxylic acids is 1. The Labute approximate surface area is 223 Å². The summed E-state index contributed by atoms with van der Waals surface area (Å²) in [7, 11) is -10.3. The molecule has 5 N–H and O–H groups in total. The van der Waals surface area contributed by atoms with Crippen LogP contribution in [0.5, 0.6) is 0 Å². The molecular weight excluding hydrogens is 567 g/mol. The molecule has 0 aliphatic heterocycles. The molecule has 1 aromatic heterocycles. The molecule has 0 spiro atoms.